The number of imidazole rings is 1. The minimum Gasteiger partial charge on any atom is -0.322 e. The SMILES string of the molecule is Cc1c(CS/C(=N\N)C2(c3ccc(Cl)cc3)CC2)nc(-c2ccccc2Cl)n1-c1ccc(Br)cc1. The van der Waals surface area contributed by atoms with Crippen molar-refractivity contribution in [3.8, 4) is 17.1 Å². The van der Waals surface area contributed by atoms with Gasteiger partial charge in [-0.05, 0) is 73.9 Å². The van der Waals surface area contributed by atoms with E-state index in [9.17, 15) is 0 Å². The second kappa shape index (κ2) is 10.0. The summed E-state index contributed by atoms with van der Waals surface area (Å²) in [7, 11) is 0. The molecule has 1 saturated carbocycles. The number of hydrazone groups is 1. The molecule has 0 unspecified atom stereocenters. The van der Waals surface area contributed by atoms with E-state index in [0.717, 1.165) is 55.8 Å². The van der Waals surface area contributed by atoms with Crippen molar-refractivity contribution in [3.63, 3.8) is 0 Å². The standard InChI is InChI=1S/C27H23BrCl2N4S/c1-17-24(16-35-26(33-31)27(14-15-27)18-6-10-20(29)11-7-18)32-25(22-4-2-3-5-23(22)30)34(17)21-12-8-19(28)9-13-21/h2-13H,14-16,31H2,1H3/b33-26-. The van der Waals surface area contributed by atoms with Gasteiger partial charge in [0, 0.05) is 37.6 Å². The normalized spacial score (nSPS) is 14.8. The van der Waals surface area contributed by atoms with E-state index < -0.39 is 0 Å². The molecule has 1 aromatic heterocycles. The molecule has 1 heterocycles. The smallest absolute Gasteiger partial charge is 0.146 e. The Bertz CT molecular complexity index is 1390. The fourth-order valence-corrected chi connectivity index (χ4v) is 6.20. The van der Waals surface area contributed by atoms with Crippen molar-refractivity contribution in [1.82, 2.24) is 9.55 Å². The molecule has 0 atom stereocenters. The van der Waals surface area contributed by atoms with Gasteiger partial charge in [-0.25, -0.2) is 4.98 Å². The van der Waals surface area contributed by atoms with Crippen LogP contribution in [0.15, 0.2) is 82.4 Å². The van der Waals surface area contributed by atoms with E-state index in [-0.39, 0.29) is 5.41 Å². The summed E-state index contributed by atoms with van der Waals surface area (Å²) in [5, 5.41) is 6.54. The highest BCUT2D eigenvalue weighted by molar-refractivity contribution is 9.10. The van der Waals surface area contributed by atoms with Crippen LogP contribution in [0.2, 0.25) is 10.0 Å². The Balaban J connectivity index is 1.50. The average Bonchev–Trinajstić information content (AvgIpc) is 3.60. The minimum absolute atomic E-state index is 0.127. The molecule has 1 aliphatic carbocycles. The van der Waals surface area contributed by atoms with Crippen LogP contribution in [-0.4, -0.2) is 14.6 Å². The lowest BCUT2D eigenvalue weighted by molar-refractivity contribution is 0.952. The molecule has 35 heavy (non-hydrogen) atoms. The molecular formula is C27H23BrCl2N4S. The third-order valence-electron chi connectivity index (χ3n) is 6.42. The van der Waals surface area contributed by atoms with Gasteiger partial charge in [0.15, 0.2) is 0 Å². The molecule has 0 aliphatic heterocycles. The van der Waals surface area contributed by atoms with E-state index in [1.807, 2.05) is 48.5 Å². The van der Waals surface area contributed by atoms with Crippen LogP contribution in [0, 0.1) is 6.92 Å². The van der Waals surface area contributed by atoms with Gasteiger partial charge in [0.05, 0.1) is 10.7 Å². The number of nitrogens with zero attached hydrogens (tertiary/aromatic N) is 3. The Morgan fingerprint density at radius 2 is 1.74 bits per heavy atom. The molecule has 0 radical (unpaired) electrons. The maximum Gasteiger partial charge on any atom is 0.146 e. The molecule has 2 N–H and O–H groups in total. The zero-order valence-electron chi connectivity index (χ0n) is 19.0. The fourth-order valence-electron chi connectivity index (χ4n) is 4.37. The molecule has 0 saturated heterocycles. The molecular weight excluding hydrogens is 563 g/mol. The summed E-state index contributed by atoms with van der Waals surface area (Å²) in [6.45, 7) is 2.09. The van der Waals surface area contributed by atoms with Crippen LogP contribution in [0.4, 0.5) is 0 Å². The van der Waals surface area contributed by atoms with Crippen molar-refractivity contribution in [2.75, 3.05) is 0 Å². The number of benzene rings is 3. The van der Waals surface area contributed by atoms with Gasteiger partial charge in [0.25, 0.3) is 0 Å². The third kappa shape index (κ3) is 4.77. The van der Waals surface area contributed by atoms with Crippen LogP contribution in [0.25, 0.3) is 17.1 Å². The van der Waals surface area contributed by atoms with Crippen LogP contribution in [0.1, 0.15) is 29.8 Å². The number of nitrogens with two attached hydrogens (primary N) is 1. The van der Waals surface area contributed by atoms with Crippen LogP contribution in [0.3, 0.4) is 0 Å². The van der Waals surface area contributed by atoms with Crippen LogP contribution >= 0.6 is 50.9 Å². The Morgan fingerprint density at radius 1 is 1.06 bits per heavy atom. The molecule has 0 amide bonds. The largest absolute Gasteiger partial charge is 0.322 e. The molecule has 5 rings (SSSR count). The minimum atomic E-state index is -0.127. The summed E-state index contributed by atoms with van der Waals surface area (Å²) in [6, 6.07) is 24.0. The number of hydrogen-bond donors (Lipinski definition) is 1. The fraction of sp³-hybridized carbons (Fsp3) is 0.185. The molecule has 4 aromatic rings. The van der Waals surface area contributed by atoms with E-state index in [0.29, 0.717) is 10.8 Å². The van der Waals surface area contributed by atoms with Crippen LogP contribution in [0.5, 0.6) is 0 Å². The van der Waals surface area contributed by atoms with Crippen molar-refractivity contribution < 1.29 is 0 Å². The van der Waals surface area contributed by atoms with Crippen molar-refractivity contribution in [3.05, 3.63) is 104 Å². The van der Waals surface area contributed by atoms with Gasteiger partial charge < -0.3 is 5.84 Å². The number of hydrogen-bond acceptors (Lipinski definition) is 4. The molecule has 8 heteroatoms. The number of rotatable bonds is 6. The van der Waals surface area contributed by atoms with Crippen molar-refractivity contribution in [2.24, 2.45) is 10.9 Å². The summed E-state index contributed by atoms with van der Waals surface area (Å²) < 4.78 is 3.18. The topological polar surface area (TPSA) is 56.2 Å². The number of aromatic nitrogens is 2. The molecule has 1 aliphatic rings. The highest BCUT2D eigenvalue weighted by Crippen LogP contribution is 2.52. The quantitative estimate of drug-likeness (QED) is 0.107. The first-order valence-corrected chi connectivity index (χ1v) is 13.7. The molecule has 0 spiro atoms. The molecule has 0 bridgehead atoms. The first-order valence-electron chi connectivity index (χ1n) is 11.2. The van der Waals surface area contributed by atoms with Gasteiger partial charge in [0.2, 0.25) is 0 Å². The first kappa shape index (κ1) is 24.4. The third-order valence-corrected chi connectivity index (χ3v) is 8.72. The number of thioether (sulfide) groups is 1. The van der Waals surface area contributed by atoms with E-state index in [1.54, 1.807) is 11.8 Å². The monoisotopic (exact) mass is 584 g/mol. The van der Waals surface area contributed by atoms with Crippen LogP contribution < -0.4 is 5.84 Å². The lowest BCUT2D eigenvalue weighted by Gasteiger charge is -2.17. The second-order valence-electron chi connectivity index (χ2n) is 8.57. The molecule has 3 aromatic carbocycles. The summed E-state index contributed by atoms with van der Waals surface area (Å²) in [5.41, 5.74) is 5.02. The molecule has 1 fully saturated rings. The Hall–Kier alpha value is -2.25. The average molecular weight is 586 g/mol. The summed E-state index contributed by atoms with van der Waals surface area (Å²) >= 11 is 17.9. The Labute approximate surface area is 227 Å². The van der Waals surface area contributed by atoms with Crippen molar-refractivity contribution in [2.45, 2.75) is 30.9 Å². The predicted octanol–water partition coefficient (Wildman–Crippen LogP) is 8.15. The van der Waals surface area contributed by atoms with Gasteiger partial charge in [-0.15, -0.1) is 11.8 Å². The molecule has 178 valence electrons. The van der Waals surface area contributed by atoms with Gasteiger partial charge in [-0.3, -0.25) is 4.57 Å². The van der Waals surface area contributed by atoms with Gasteiger partial charge >= 0.3 is 0 Å². The number of halogens is 3. The highest BCUT2D eigenvalue weighted by atomic mass is 79.9. The maximum atomic E-state index is 6.59. The zero-order chi connectivity index (χ0) is 24.6. The van der Waals surface area contributed by atoms with E-state index in [1.165, 1.54) is 5.56 Å². The first-order chi connectivity index (χ1) is 16.9. The van der Waals surface area contributed by atoms with Crippen molar-refractivity contribution in [1.29, 1.82) is 0 Å². The van der Waals surface area contributed by atoms with Crippen LogP contribution in [-0.2, 0) is 11.2 Å². The summed E-state index contributed by atoms with van der Waals surface area (Å²) in [4.78, 5) is 5.07. The zero-order valence-corrected chi connectivity index (χ0v) is 22.9. The van der Waals surface area contributed by atoms with E-state index >= 15 is 0 Å². The van der Waals surface area contributed by atoms with Gasteiger partial charge in [-0.2, -0.15) is 5.10 Å². The van der Waals surface area contributed by atoms with Crippen molar-refractivity contribution >= 4 is 55.9 Å². The van der Waals surface area contributed by atoms with Gasteiger partial charge in [0.1, 0.15) is 10.9 Å². The lowest BCUT2D eigenvalue weighted by Crippen LogP contribution is -2.19. The Kier molecular flexibility index (Phi) is 6.99. The maximum absolute atomic E-state index is 6.59. The highest BCUT2D eigenvalue weighted by Gasteiger charge is 2.49. The van der Waals surface area contributed by atoms with E-state index in [2.05, 4.69) is 56.8 Å². The Morgan fingerprint density at radius 3 is 2.37 bits per heavy atom. The molecule has 4 nitrogen and oxygen atoms in total. The second-order valence-corrected chi connectivity index (χ2v) is 11.3. The summed E-state index contributed by atoms with van der Waals surface area (Å²) in [5.74, 6) is 7.38. The summed E-state index contributed by atoms with van der Waals surface area (Å²) in [6.07, 6.45) is 2.05. The lowest BCUT2D eigenvalue weighted by atomic mass is 9.97. The predicted molar refractivity (Wildman–Crippen MR) is 152 cm³/mol. The van der Waals surface area contributed by atoms with E-state index in [4.69, 9.17) is 34.0 Å². The van der Waals surface area contributed by atoms with Gasteiger partial charge in [-0.1, -0.05) is 63.4 Å².